The number of rotatable bonds is 3. The molecular weight excluding hydrogens is 305 g/mol. The summed E-state index contributed by atoms with van der Waals surface area (Å²) >= 11 is 12.1. The Hall–Kier alpha value is -1.68. The van der Waals surface area contributed by atoms with Crippen molar-refractivity contribution in [2.24, 2.45) is 0 Å². The van der Waals surface area contributed by atoms with Gasteiger partial charge >= 0.3 is 0 Å². The van der Waals surface area contributed by atoms with Gasteiger partial charge < -0.3 is 5.32 Å². The van der Waals surface area contributed by atoms with Crippen LogP contribution >= 0.6 is 23.2 Å². The second-order valence-electron chi connectivity index (χ2n) is 4.70. The second kappa shape index (κ2) is 5.98. The van der Waals surface area contributed by atoms with E-state index in [9.17, 15) is 0 Å². The van der Waals surface area contributed by atoms with Crippen molar-refractivity contribution in [3.05, 3.63) is 70.0 Å². The Morgan fingerprint density at radius 1 is 0.857 bits per heavy atom. The monoisotopic (exact) mass is 317 g/mol. The lowest BCUT2D eigenvalue weighted by Gasteiger charge is -2.18. The molecule has 0 bridgehead atoms. The summed E-state index contributed by atoms with van der Waals surface area (Å²) in [6.07, 6.45) is 3.39. The number of hydrogen-bond acceptors (Lipinski definition) is 3. The third kappa shape index (κ3) is 2.86. The molecule has 106 valence electrons. The first-order valence-electron chi connectivity index (χ1n) is 6.52. The fourth-order valence-electron chi connectivity index (χ4n) is 2.38. The van der Waals surface area contributed by atoms with E-state index in [4.69, 9.17) is 23.2 Å². The van der Waals surface area contributed by atoms with Gasteiger partial charge in [0.05, 0.1) is 27.1 Å². The summed E-state index contributed by atoms with van der Waals surface area (Å²) < 4.78 is 0. The zero-order valence-corrected chi connectivity index (χ0v) is 12.9. The molecule has 1 aromatic heterocycles. The van der Waals surface area contributed by atoms with Crippen molar-refractivity contribution >= 4 is 34.2 Å². The van der Waals surface area contributed by atoms with Crippen LogP contribution in [-0.2, 0) is 0 Å². The van der Waals surface area contributed by atoms with Crippen LogP contribution in [0.1, 0.15) is 17.2 Å². The quantitative estimate of drug-likeness (QED) is 0.785. The molecule has 1 N–H and O–H groups in total. The Morgan fingerprint density at radius 3 is 2.24 bits per heavy atom. The zero-order chi connectivity index (χ0) is 14.8. The van der Waals surface area contributed by atoms with E-state index in [-0.39, 0.29) is 6.04 Å². The van der Waals surface area contributed by atoms with Crippen molar-refractivity contribution < 1.29 is 0 Å². The van der Waals surface area contributed by atoms with Crippen molar-refractivity contribution in [2.75, 3.05) is 7.05 Å². The molecule has 0 saturated heterocycles. The molecule has 0 aliphatic carbocycles. The number of aromatic nitrogens is 2. The second-order valence-corrected chi connectivity index (χ2v) is 5.51. The van der Waals surface area contributed by atoms with Crippen LogP contribution in [0.2, 0.25) is 10.0 Å². The van der Waals surface area contributed by atoms with Crippen molar-refractivity contribution in [1.29, 1.82) is 0 Å². The molecule has 0 amide bonds. The molecule has 1 atom stereocenters. The van der Waals surface area contributed by atoms with Gasteiger partial charge in [-0.15, -0.1) is 0 Å². The molecule has 2 aromatic carbocycles. The molecule has 0 aliphatic heterocycles. The largest absolute Gasteiger partial charge is 0.309 e. The van der Waals surface area contributed by atoms with E-state index in [0.29, 0.717) is 10.0 Å². The molecule has 1 unspecified atom stereocenters. The van der Waals surface area contributed by atoms with Crippen molar-refractivity contribution in [2.45, 2.75) is 6.04 Å². The Balaban J connectivity index is 2.06. The molecule has 0 radical (unpaired) electrons. The molecule has 5 heteroatoms. The van der Waals surface area contributed by atoms with Crippen molar-refractivity contribution in [1.82, 2.24) is 15.3 Å². The normalized spacial score (nSPS) is 12.5. The van der Waals surface area contributed by atoms with Crippen LogP contribution < -0.4 is 5.32 Å². The fourth-order valence-corrected chi connectivity index (χ4v) is 2.68. The van der Waals surface area contributed by atoms with E-state index in [1.807, 2.05) is 43.4 Å². The van der Waals surface area contributed by atoms with Gasteiger partial charge in [-0.25, -0.2) is 0 Å². The SMILES string of the molecule is CNC(c1ccc(Cl)c(Cl)c1)c1ccc2nccnc2c1. The first kappa shape index (κ1) is 14.3. The standard InChI is InChI=1S/C16H13Cl2N3/c1-19-16(10-2-4-12(17)13(18)8-10)11-3-5-14-15(9-11)21-7-6-20-14/h2-9,16,19H,1H3. The van der Waals surface area contributed by atoms with Gasteiger partial charge in [-0.2, -0.15) is 0 Å². The van der Waals surface area contributed by atoms with Gasteiger partial charge in [0.1, 0.15) is 0 Å². The summed E-state index contributed by atoms with van der Waals surface area (Å²) in [4.78, 5) is 8.63. The minimum atomic E-state index is 0.0196. The number of nitrogens with one attached hydrogen (secondary N) is 1. The smallest absolute Gasteiger partial charge is 0.0890 e. The van der Waals surface area contributed by atoms with Gasteiger partial charge in [0.2, 0.25) is 0 Å². The average molecular weight is 318 g/mol. The van der Waals surface area contributed by atoms with Crippen LogP contribution in [0.5, 0.6) is 0 Å². The molecule has 0 aliphatic rings. The van der Waals surface area contributed by atoms with Gasteiger partial charge in [0.25, 0.3) is 0 Å². The number of fused-ring (bicyclic) bond motifs is 1. The third-order valence-electron chi connectivity index (χ3n) is 3.39. The number of benzene rings is 2. The summed E-state index contributed by atoms with van der Waals surface area (Å²) in [5.74, 6) is 0. The molecule has 0 fully saturated rings. The Kier molecular flexibility index (Phi) is 4.06. The van der Waals surface area contributed by atoms with E-state index in [1.54, 1.807) is 12.4 Å². The lowest BCUT2D eigenvalue weighted by atomic mass is 9.98. The van der Waals surface area contributed by atoms with Crippen LogP contribution in [-0.4, -0.2) is 17.0 Å². The minimum Gasteiger partial charge on any atom is -0.309 e. The summed E-state index contributed by atoms with van der Waals surface area (Å²) in [7, 11) is 1.91. The number of hydrogen-bond donors (Lipinski definition) is 1. The highest BCUT2D eigenvalue weighted by molar-refractivity contribution is 6.42. The molecule has 3 rings (SSSR count). The molecular formula is C16H13Cl2N3. The Bertz CT molecular complexity index is 789. The van der Waals surface area contributed by atoms with Gasteiger partial charge in [-0.05, 0) is 42.4 Å². The maximum absolute atomic E-state index is 6.12. The van der Waals surface area contributed by atoms with Crippen LogP contribution in [0.3, 0.4) is 0 Å². The maximum atomic E-state index is 6.12. The predicted molar refractivity (Wildman–Crippen MR) is 86.9 cm³/mol. The molecule has 0 saturated carbocycles. The van der Waals surface area contributed by atoms with Crippen molar-refractivity contribution in [3.63, 3.8) is 0 Å². The average Bonchev–Trinajstić information content (AvgIpc) is 2.51. The third-order valence-corrected chi connectivity index (χ3v) is 4.13. The van der Waals surface area contributed by atoms with Gasteiger partial charge in [-0.3, -0.25) is 9.97 Å². The van der Waals surface area contributed by atoms with E-state index in [2.05, 4.69) is 15.3 Å². The lowest BCUT2D eigenvalue weighted by Crippen LogP contribution is -2.17. The molecule has 3 aromatic rings. The summed E-state index contributed by atoms with van der Waals surface area (Å²) in [5, 5.41) is 4.40. The first-order chi connectivity index (χ1) is 10.2. The van der Waals surface area contributed by atoms with E-state index in [1.165, 1.54) is 0 Å². The highest BCUT2D eigenvalue weighted by atomic mass is 35.5. The van der Waals surface area contributed by atoms with E-state index >= 15 is 0 Å². The van der Waals surface area contributed by atoms with Crippen LogP contribution in [0.25, 0.3) is 11.0 Å². The summed E-state index contributed by atoms with van der Waals surface area (Å²) in [6, 6.07) is 11.7. The van der Waals surface area contributed by atoms with E-state index < -0.39 is 0 Å². The van der Waals surface area contributed by atoms with Gasteiger partial charge in [-0.1, -0.05) is 35.3 Å². The minimum absolute atomic E-state index is 0.0196. The highest BCUT2D eigenvalue weighted by Gasteiger charge is 2.14. The fraction of sp³-hybridized carbons (Fsp3) is 0.125. The summed E-state index contributed by atoms with van der Waals surface area (Å²) in [5.41, 5.74) is 3.90. The lowest BCUT2D eigenvalue weighted by molar-refractivity contribution is 0.692. The van der Waals surface area contributed by atoms with Crippen molar-refractivity contribution in [3.8, 4) is 0 Å². The predicted octanol–water partition coefficient (Wildman–Crippen LogP) is 4.25. The zero-order valence-electron chi connectivity index (χ0n) is 11.3. The molecule has 0 spiro atoms. The van der Waals surface area contributed by atoms with E-state index in [0.717, 1.165) is 22.2 Å². The van der Waals surface area contributed by atoms with Crippen LogP contribution in [0.15, 0.2) is 48.8 Å². The number of halogens is 2. The van der Waals surface area contributed by atoms with Gasteiger partial charge in [0, 0.05) is 12.4 Å². The highest BCUT2D eigenvalue weighted by Crippen LogP contribution is 2.29. The maximum Gasteiger partial charge on any atom is 0.0890 e. The first-order valence-corrected chi connectivity index (χ1v) is 7.27. The van der Waals surface area contributed by atoms with Crippen LogP contribution in [0, 0.1) is 0 Å². The number of nitrogens with zero attached hydrogens (tertiary/aromatic N) is 2. The Morgan fingerprint density at radius 2 is 1.52 bits per heavy atom. The van der Waals surface area contributed by atoms with Gasteiger partial charge in [0.15, 0.2) is 0 Å². The van der Waals surface area contributed by atoms with Crippen LogP contribution in [0.4, 0.5) is 0 Å². The summed E-state index contributed by atoms with van der Waals surface area (Å²) in [6.45, 7) is 0. The molecule has 21 heavy (non-hydrogen) atoms. The molecule has 3 nitrogen and oxygen atoms in total. The topological polar surface area (TPSA) is 37.8 Å². The molecule has 1 heterocycles. The Labute approximate surface area is 132 Å².